The van der Waals surface area contributed by atoms with E-state index in [4.69, 9.17) is 5.73 Å². The molecule has 0 amide bonds. The second-order valence-electron chi connectivity index (χ2n) is 5.23. The van der Waals surface area contributed by atoms with Crippen molar-refractivity contribution >= 4 is 5.69 Å². The summed E-state index contributed by atoms with van der Waals surface area (Å²) in [4.78, 5) is 6.89. The Morgan fingerprint density at radius 2 is 1.89 bits per heavy atom. The molecule has 0 saturated heterocycles. The van der Waals surface area contributed by atoms with Crippen molar-refractivity contribution in [1.29, 1.82) is 0 Å². The van der Waals surface area contributed by atoms with Crippen LogP contribution in [0.1, 0.15) is 46.2 Å². The lowest BCUT2D eigenvalue weighted by molar-refractivity contribution is 0.507. The van der Waals surface area contributed by atoms with E-state index in [0.29, 0.717) is 18.5 Å². The number of anilines is 1. The monoisotopic (exact) mass is 249 g/mol. The highest BCUT2D eigenvalue weighted by Gasteiger charge is 2.17. The molecule has 2 N–H and O–H groups in total. The Morgan fingerprint density at radius 3 is 2.28 bits per heavy atom. The van der Waals surface area contributed by atoms with Crippen LogP contribution < -0.4 is 10.6 Å². The molecule has 18 heavy (non-hydrogen) atoms. The molecule has 0 spiro atoms. The van der Waals surface area contributed by atoms with Gasteiger partial charge in [0.1, 0.15) is 0 Å². The van der Waals surface area contributed by atoms with E-state index in [1.54, 1.807) is 0 Å². The third-order valence-corrected chi connectivity index (χ3v) is 3.30. The first-order valence-corrected chi connectivity index (χ1v) is 7.03. The first kappa shape index (κ1) is 15.0. The maximum atomic E-state index is 5.59. The Morgan fingerprint density at radius 1 is 1.22 bits per heavy atom. The Balaban J connectivity index is 2.92. The van der Waals surface area contributed by atoms with Crippen molar-refractivity contribution in [3.05, 3.63) is 24.0 Å². The number of nitrogens with two attached hydrogens (primary N) is 1. The molecule has 0 radical (unpaired) electrons. The molecule has 0 aromatic carbocycles. The van der Waals surface area contributed by atoms with E-state index in [2.05, 4.69) is 43.6 Å². The van der Waals surface area contributed by atoms with Gasteiger partial charge >= 0.3 is 0 Å². The zero-order chi connectivity index (χ0) is 13.5. The van der Waals surface area contributed by atoms with Crippen LogP contribution >= 0.6 is 0 Å². The van der Waals surface area contributed by atoms with Gasteiger partial charge in [0.2, 0.25) is 0 Å². The van der Waals surface area contributed by atoms with E-state index in [0.717, 1.165) is 12.2 Å². The largest absolute Gasteiger partial charge is 0.367 e. The molecule has 0 bridgehead atoms. The molecule has 1 heterocycles. The summed E-state index contributed by atoms with van der Waals surface area (Å²) in [5.41, 5.74) is 7.76. The zero-order valence-electron chi connectivity index (χ0n) is 12.2. The lowest BCUT2D eigenvalue weighted by atomic mass is 10.1. The molecule has 0 saturated carbocycles. The Labute approximate surface area is 111 Å². The van der Waals surface area contributed by atoms with E-state index in [-0.39, 0.29) is 0 Å². The van der Waals surface area contributed by atoms with Gasteiger partial charge in [-0.3, -0.25) is 4.98 Å². The quantitative estimate of drug-likeness (QED) is 0.807. The zero-order valence-corrected chi connectivity index (χ0v) is 12.2. The molecule has 1 aromatic heterocycles. The molecule has 0 unspecified atom stereocenters. The second kappa shape index (κ2) is 7.37. The molecule has 102 valence electrons. The van der Waals surface area contributed by atoms with Crippen LogP contribution in [0.5, 0.6) is 0 Å². The molecule has 1 rings (SSSR count). The smallest absolute Gasteiger partial charge is 0.0555 e. The van der Waals surface area contributed by atoms with Crippen molar-refractivity contribution in [3.63, 3.8) is 0 Å². The maximum Gasteiger partial charge on any atom is 0.0555 e. The molecule has 0 fully saturated rings. The minimum atomic E-state index is 0.509. The summed E-state index contributed by atoms with van der Waals surface area (Å²) >= 11 is 0. The van der Waals surface area contributed by atoms with E-state index >= 15 is 0 Å². The summed E-state index contributed by atoms with van der Waals surface area (Å²) in [6.07, 6.45) is 4.30. The first-order chi connectivity index (χ1) is 8.62. The summed E-state index contributed by atoms with van der Waals surface area (Å²) in [6.45, 7) is 10.6. The second-order valence-corrected chi connectivity index (χ2v) is 5.23. The average Bonchev–Trinajstić information content (AvgIpc) is 2.38. The fourth-order valence-electron chi connectivity index (χ4n) is 2.30. The molecule has 3 heteroatoms. The molecular weight excluding hydrogens is 222 g/mol. The van der Waals surface area contributed by atoms with E-state index < -0.39 is 0 Å². The van der Waals surface area contributed by atoms with Gasteiger partial charge in [-0.2, -0.15) is 0 Å². The summed E-state index contributed by atoms with van der Waals surface area (Å²) in [5.74, 6) is 0.653. The van der Waals surface area contributed by atoms with Gasteiger partial charge in [0.05, 0.1) is 17.6 Å². The van der Waals surface area contributed by atoms with Crippen LogP contribution in [0, 0.1) is 5.92 Å². The van der Waals surface area contributed by atoms with Crippen LogP contribution in [0.15, 0.2) is 18.3 Å². The molecule has 0 aliphatic heterocycles. The third kappa shape index (κ3) is 3.98. The van der Waals surface area contributed by atoms with Crippen molar-refractivity contribution < 1.29 is 0 Å². The molecular formula is C15H27N3. The summed E-state index contributed by atoms with van der Waals surface area (Å²) in [5, 5.41) is 0. The summed E-state index contributed by atoms with van der Waals surface area (Å²) in [6, 6.07) is 4.78. The van der Waals surface area contributed by atoms with Crippen LogP contribution in [0.2, 0.25) is 0 Å². The van der Waals surface area contributed by atoms with Crippen LogP contribution in [0.3, 0.4) is 0 Å². The van der Waals surface area contributed by atoms with E-state index in [9.17, 15) is 0 Å². The fourth-order valence-corrected chi connectivity index (χ4v) is 2.30. The number of hydrogen-bond acceptors (Lipinski definition) is 3. The fraction of sp³-hybridized carbons (Fsp3) is 0.667. The highest BCUT2D eigenvalue weighted by molar-refractivity contribution is 5.45. The van der Waals surface area contributed by atoms with Gasteiger partial charge in [0, 0.05) is 19.1 Å². The van der Waals surface area contributed by atoms with Gasteiger partial charge in [-0.05, 0) is 30.9 Å². The standard InChI is InChI=1S/C15H27N3/c1-5-14(6-2)18(11-12(3)4)15-8-7-13(9-16)17-10-15/h7-8,10,12,14H,5-6,9,11,16H2,1-4H3. The van der Waals surface area contributed by atoms with Crippen LogP contribution in [-0.2, 0) is 6.54 Å². The van der Waals surface area contributed by atoms with Crippen molar-refractivity contribution in [2.24, 2.45) is 11.7 Å². The molecule has 0 aliphatic carbocycles. The Hall–Kier alpha value is -1.09. The Bertz CT molecular complexity index is 328. The number of aromatic nitrogens is 1. The van der Waals surface area contributed by atoms with Crippen LogP contribution in [0.4, 0.5) is 5.69 Å². The number of nitrogens with zero attached hydrogens (tertiary/aromatic N) is 2. The van der Waals surface area contributed by atoms with Gasteiger partial charge in [-0.25, -0.2) is 0 Å². The third-order valence-electron chi connectivity index (χ3n) is 3.30. The highest BCUT2D eigenvalue weighted by atomic mass is 15.2. The van der Waals surface area contributed by atoms with Crippen molar-refractivity contribution in [1.82, 2.24) is 4.98 Å². The van der Waals surface area contributed by atoms with Gasteiger partial charge in [-0.1, -0.05) is 27.7 Å². The number of hydrogen-bond donors (Lipinski definition) is 1. The van der Waals surface area contributed by atoms with Crippen molar-refractivity contribution in [3.8, 4) is 0 Å². The topological polar surface area (TPSA) is 42.1 Å². The minimum Gasteiger partial charge on any atom is -0.367 e. The number of pyridine rings is 1. The van der Waals surface area contributed by atoms with Gasteiger partial charge < -0.3 is 10.6 Å². The van der Waals surface area contributed by atoms with E-state index in [1.807, 2.05) is 12.3 Å². The van der Waals surface area contributed by atoms with Gasteiger partial charge in [0.15, 0.2) is 0 Å². The van der Waals surface area contributed by atoms with Gasteiger partial charge in [-0.15, -0.1) is 0 Å². The predicted molar refractivity (Wildman–Crippen MR) is 78.7 cm³/mol. The normalized spacial score (nSPS) is 11.3. The molecule has 1 aromatic rings. The SMILES string of the molecule is CCC(CC)N(CC(C)C)c1ccc(CN)nc1. The molecule has 3 nitrogen and oxygen atoms in total. The summed E-state index contributed by atoms with van der Waals surface area (Å²) in [7, 11) is 0. The molecule has 0 aliphatic rings. The molecule has 0 atom stereocenters. The van der Waals surface area contributed by atoms with Crippen LogP contribution in [0.25, 0.3) is 0 Å². The first-order valence-electron chi connectivity index (χ1n) is 7.03. The predicted octanol–water partition coefficient (Wildman–Crippen LogP) is 3.19. The minimum absolute atomic E-state index is 0.509. The van der Waals surface area contributed by atoms with Crippen LogP contribution in [-0.4, -0.2) is 17.6 Å². The summed E-state index contributed by atoms with van der Waals surface area (Å²) < 4.78 is 0. The average molecular weight is 249 g/mol. The van der Waals surface area contributed by atoms with Crippen molar-refractivity contribution in [2.45, 2.75) is 53.1 Å². The Kier molecular flexibility index (Phi) is 6.13. The van der Waals surface area contributed by atoms with E-state index in [1.165, 1.54) is 18.5 Å². The van der Waals surface area contributed by atoms with Gasteiger partial charge in [0.25, 0.3) is 0 Å². The maximum absolute atomic E-state index is 5.59. The lowest BCUT2D eigenvalue weighted by Crippen LogP contribution is -2.37. The number of rotatable bonds is 7. The highest BCUT2D eigenvalue weighted by Crippen LogP contribution is 2.21. The lowest BCUT2D eigenvalue weighted by Gasteiger charge is -2.34. The van der Waals surface area contributed by atoms with Crippen molar-refractivity contribution in [2.75, 3.05) is 11.4 Å².